The van der Waals surface area contributed by atoms with Crippen molar-refractivity contribution in [2.45, 2.75) is 32.2 Å². The molecule has 0 amide bonds. The van der Waals surface area contributed by atoms with Crippen molar-refractivity contribution in [3.05, 3.63) is 29.0 Å². The van der Waals surface area contributed by atoms with Crippen molar-refractivity contribution in [3.63, 3.8) is 0 Å². The standard InChI is InChI=1S/C12H18ClN3/c1-8(9-2-3-9)12(16-14)6-10-4-5-15-7-11(10)13/h4-5,7-9,12,16H,2-3,6,14H2,1H3. The van der Waals surface area contributed by atoms with E-state index >= 15 is 0 Å². The first kappa shape index (κ1) is 11.8. The molecular weight excluding hydrogens is 222 g/mol. The van der Waals surface area contributed by atoms with E-state index in [9.17, 15) is 0 Å². The molecule has 4 heteroatoms. The first-order chi connectivity index (χ1) is 7.72. The average molecular weight is 240 g/mol. The summed E-state index contributed by atoms with van der Waals surface area (Å²) in [4.78, 5) is 3.99. The molecule has 1 saturated carbocycles. The van der Waals surface area contributed by atoms with Crippen LogP contribution in [0.3, 0.4) is 0 Å². The van der Waals surface area contributed by atoms with Gasteiger partial charge in [-0.3, -0.25) is 16.3 Å². The average Bonchev–Trinajstić information content (AvgIpc) is 3.11. The molecular formula is C12H18ClN3. The highest BCUT2D eigenvalue weighted by Crippen LogP contribution is 2.38. The van der Waals surface area contributed by atoms with Crippen LogP contribution < -0.4 is 11.3 Å². The van der Waals surface area contributed by atoms with E-state index < -0.39 is 0 Å². The molecule has 1 aliphatic carbocycles. The highest BCUT2D eigenvalue weighted by Gasteiger charge is 2.33. The Labute approximate surface area is 101 Å². The number of hydrogen-bond donors (Lipinski definition) is 2. The summed E-state index contributed by atoms with van der Waals surface area (Å²) in [5, 5.41) is 0.728. The number of aromatic nitrogens is 1. The van der Waals surface area contributed by atoms with E-state index in [-0.39, 0.29) is 0 Å². The van der Waals surface area contributed by atoms with Gasteiger partial charge < -0.3 is 0 Å². The Kier molecular flexibility index (Phi) is 3.79. The number of hydrogen-bond acceptors (Lipinski definition) is 3. The molecule has 3 N–H and O–H groups in total. The van der Waals surface area contributed by atoms with Gasteiger partial charge in [0.15, 0.2) is 0 Å². The van der Waals surface area contributed by atoms with Crippen LogP contribution in [0.1, 0.15) is 25.3 Å². The van der Waals surface area contributed by atoms with Gasteiger partial charge in [-0.2, -0.15) is 0 Å². The second kappa shape index (κ2) is 5.13. The topological polar surface area (TPSA) is 50.9 Å². The molecule has 0 saturated heterocycles. The summed E-state index contributed by atoms with van der Waals surface area (Å²) in [6.45, 7) is 2.26. The molecule has 0 bridgehead atoms. The van der Waals surface area contributed by atoms with Crippen LogP contribution in [0.25, 0.3) is 0 Å². The van der Waals surface area contributed by atoms with E-state index in [0.717, 1.165) is 22.9 Å². The minimum atomic E-state index is 0.299. The molecule has 2 unspecified atom stereocenters. The van der Waals surface area contributed by atoms with Gasteiger partial charge in [0.25, 0.3) is 0 Å². The molecule has 1 aromatic rings. The molecule has 1 aromatic heterocycles. The van der Waals surface area contributed by atoms with Crippen LogP contribution in [-0.4, -0.2) is 11.0 Å². The van der Waals surface area contributed by atoms with Crippen LogP contribution >= 0.6 is 11.6 Å². The van der Waals surface area contributed by atoms with Gasteiger partial charge in [0, 0.05) is 18.4 Å². The van der Waals surface area contributed by atoms with Crippen LogP contribution in [0, 0.1) is 11.8 Å². The van der Waals surface area contributed by atoms with Crippen molar-refractivity contribution >= 4 is 11.6 Å². The highest BCUT2D eigenvalue weighted by molar-refractivity contribution is 6.31. The summed E-state index contributed by atoms with van der Waals surface area (Å²) in [6, 6.07) is 2.26. The predicted molar refractivity (Wildman–Crippen MR) is 66.0 cm³/mol. The van der Waals surface area contributed by atoms with Crippen molar-refractivity contribution < 1.29 is 0 Å². The van der Waals surface area contributed by atoms with Gasteiger partial charge in [-0.1, -0.05) is 18.5 Å². The monoisotopic (exact) mass is 239 g/mol. The quantitative estimate of drug-likeness (QED) is 0.612. The summed E-state index contributed by atoms with van der Waals surface area (Å²) in [5.74, 6) is 7.07. The van der Waals surface area contributed by atoms with Crippen LogP contribution in [0.4, 0.5) is 0 Å². The zero-order chi connectivity index (χ0) is 11.5. The maximum absolute atomic E-state index is 6.09. The Morgan fingerprint density at radius 3 is 2.94 bits per heavy atom. The molecule has 1 fully saturated rings. The number of pyridine rings is 1. The van der Waals surface area contributed by atoms with Crippen molar-refractivity contribution in [2.75, 3.05) is 0 Å². The third kappa shape index (κ3) is 2.73. The summed E-state index contributed by atoms with van der Waals surface area (Å²) in [6.07, 6.45) is 7.01. The lowest BCUT2D eigenvalue weighted by atomic mass is 9.92. The number of rotatable bonds is 5. The molecule has 2 rings (SSSR count). The van der Waals surface area contributed by atoms with Crippen LogP contribution in [0.5, 0.6) is 0 Å². The van der Waals surface area contributed by atoms with E-state index in [4.69, 9.17) is 17.4 Å². The van der Waals surface area contributed by atoms with Crippen LogP contribution in [0.2, 0.25) is 5.02 Å². The third-order valence-electron chi connectivity index (χ3n) is 3.51. The second-order valence-corrected chi connectivity index (χ2v) is 5.05. The van der Waals surface area contributed by atoms with E-state index in [1.807, 2.05) is 6.07 Å². The van der Waals surface area contributed by atoms with Gasteiger partial charge in [0.2, 0.25) is 0 Å². The zero-order valence-electron chi connectivity index (χ0n) is 9.49. The summed E-state index contributed by atoms with van der Waals surface area (Å²) < 4.78 is 0. The van der Waals surface area contributed by atoms with Crippen molar-refractivity contribution in [1.82, 2.24) is 10.4 Å². The van der Waals surface area contributed by atoms with Gasteiger partial charge in [-0.25, -0.2) is 0 Å². The summed E-state index contributed by atoms with van der Waals surface area (Å²) in [5.41, 5.74) is 4.04. The lowest BCUT2D eigenvalue weighted by molar-refractivity contribution is 0.343. The van der Waals surface area contributed by atoms with Crippen molar-refractivity contribution in [1.29, 1.82) is 0 Å². The molecule has 1 heterocycles. The van der Waals surface area contributed by atoms with E-state index in [0.29, 0.717) is 12.0 Å². The first-order valence-corrected chi connectivity index (χ1v) is 6.14. The fraction of sp³-hybridized carbons (Fsp3) is 0.583. The highest BCUT2D eigenvalue weighted by atomic mass is 35.5. The molecule has 0 aliphatic heterocycles. The largest absolute Gasteiger partial charge is 0.271 e. The van der Waals surface area contributed by atoms with Crippen LogP contribution in [-0.2, 0) is 6.42 Å². The Balaban J connectivity index is 2.03. The third-order valence-corrected chi connectivity index (χ3v) is 3.85. The van der Waals surface area contributed by atoms with Gasteiger partial charge >= 0.3 is 0 Å². The number of nitrogens with two attached hydrogens (primary N) is 1. The maximum atomic E-state index is 6.09. The lowest BCUT2D eigenvalue weighted by Crippen LogP contribution is -2.42. The predicted octanol–water partition coefficient (Wildman–Crippen LogP) is 2.16. The number of nitrogens with zero attached hydrogens (tertiary/aromatic N) is 1. The van der Waals surface area contributed by atoms with Gasteiger partial charge in [0.05, 0.1) is 5.02 Å². The Hall–Kier alpha value is -0.640. The van der Waals surface area contributed by atoms with Gasteiger partial charge in [0.1, 0.15) is 0 Å². The van der Waals surface area contributed by atoms with E-state index in [2.05, 4.69) is 17.3 Å². The first-order valence-electron chi connectivity index (χ1n) is 5.77. The fourth-order valence-corrected chi connectivity index (χ4v) is 2.35. The second-order valence-electron chi connectivity index (χ2n) is 4.64. The minimum Gasteiger partial charge on any atom is -0.271 e. The molecule has 0 spiro atoms. The molecule has 0 radical (unpaired) electrons. The lowest BCUT2D eigenvalue weighted by Gasteiger charge is -2.23. The molecule has 0 aromatic carbocycles. The van der Waals surface area contributed by atoms with Crippen molar-refractivity contribution in [2.24, 2.45) is 17.7 Å². The zero-order valence-corrected chi connectivity index (χ0v) is 10.2. The summed E-state index contributed by atoms with van der Waals surface area (Å²) >= 11 is 6.09. The van der Waals surface area contributed by atoms with Gasteiger partial charge in [-0.15, -0.1) is 0 Å². The molecule has 88 valence electrons. The molecule has 16 heavy (non-hydrogen) atoms. The Bertz CT molecular complexity index is 352. The Morgan fingerprint density at radius 1 is 1.62 bits per heavy atom. The van der Waals surface area contributed by atoms with Gasteiger partial charge in [-0.05, 0) is 42.7 Å². The van der Waals surface area contributed by atoms with Crippen molar-refractivity contribution in [3.8, 4) is 0 Å². The van der Waals surface area contributed by atoms with E-state index in [1.54, 1.807) is 12.4 Å². The smallest absolute Gasteiger partial charge is 0.0621 e. The molecule has 3 nitrogen and oxygen atoms in total. The molecule has 2 atom stereocenters. The van der Waals surface area contributed by atoms with Crippen LogP contribution in [0.15, 0.2) is 18.5 Å². The normalized spacial score (nSPS) is 19.4. The van der Waals surface area contributed by atoms with E-state index in [1.165, 1.54) is 12.8 Å². The Morgan fingerprint density at radius 2 is 2.38 bits per heavy atom. The molecule has 1 aliphatic rings. The minimum absolute atomic E-state index is 0.299. The fourth-order valence-electron chi connectivity index (χ4n) is 2.15. The number of nitrogens with one attached hydrogen (secondary N) is 1. The number of hydrazine groups is 1. The maximum Gasteiger partial charge on any atom is 0.0621 e. The number of halogens is 1. The summed E-state index contributed by atoms with van der Waals surface area (Å²) in [7, 11) is 0. The SMILES string of the molecule is CC(C1CC1)C(Cc1ccncc1Cl)NN.